The van der Waals surface area contributed by atoms with Gasteiger partial charge in [-0.1, -0.05) is 12.1 Å². The molecule has 0 aliphatic rings. The fourth-order valence-corrected chi connectivity index (χ4v) is 1.63. The summed E-state index contributed by atoms with van der Waals surface area (Å²) in [6.07, 6.45) is -2.49. The molecule has 4 nitrogen and oxygen atoms in total. The Morgan fingerprint density at radius 2 is 2.11 bits per heavy atom. The molecule has 0 unspecified atom stereocenters. The van der Waals surface area contributed by atoms with Crippen molar-refractivity contribution in [3.05, 3.63) is 35.4 Å². The van der Waals surface area contributed by atoms with Gasteiger partial charge in [0.1, 0.15) is 0 Å². The molecule has 0 amide bonds. The van der Waals surface area contributed by atoms with Crippen molar-refractivity contribution in [3.8, 4) is 0 Å². The minimum Gasteiger partial charge on any atom is -0.478 e. The second-order valence-corrected chi connectivity index (χ2v) is 3.86. The monoisotopic (exact) mass is 259 g/mol. The lowest BCUT2D eigenvalue weighted by Gasteiger charge is -2.20. The van der Waals surface area contributed by atoms with Crippen molar-refractivity contribution in [2.75, 3.05) is 19.7 Å². The summed E-state index contributed by atoms with van der Waals surface area (Å²) in [5.41, 5.74) is 0.748. The Kier molecular flexibility index (Phi) is 5.67. The molecule has 0 heterocycles. The number of carboxylic acid groups (broad SMARTS) is 1. The van der Waals surface area contributed by atoms with E-state index in [1.165, 1.54) is 17.0 Å². The van der Waals surface area contributed by atoms with E-state index in [0.717, 1.165) is 0 Å². The van der Waals surface area contributed by atoms with Gasteiger partial charge in [-0.25, -0.2) is 13.6 Å². The van der Waals surface area contributed by atoms with Gasteiger partial charge >= 0.3 is 5.97 Å². The van der Waals surface area contributed by atoms with Crippen LogP contribution >= 0.6 is 0 Å². The highest BCUT2D eigenvalue weighted by molar-refractivity contribution is 5.87. The minimum atomic E-state index is -2.49. The second kappa shape index (κ2) is 7.03. The highest BCUT2D eigenvalue weighted by atomic mass is 19.3. The molecule has 18 heavy (non-hydrogen) atoms. The third-order valence-corrected chi connectivity index (χ3v) is 2.39. The number of aliphatic hydroxyl groups is 1. The summed E-state index contributed by atoms with van der Waals surface area (Å²) >= 11 is 0. The summed E-state index contributed by atoms with van der Waals surface area (Å²) in [7, 11) is 0. The molecular weight excluding hydrogens is 244 g/mol. The molecule has 0 spiro atoms. The van der Waals surface area contributed by atoms with E-state index in [1.807, 2.05) is 0 Å². The van der Waals surface area contributed by atoms with Crippen molar-refractivity contribution in [2.45, 2.75) is 13.0 Å². The number of rotatable bonds is 7. The van der Waals surface area contributed by atoms with Crippen LogP contribution in [-0.4, -0.2) is 47.2 Å². The van der Waals surface area contributed by atoms with Crippen LogP contribution in [0, 0.1) is 0 Å². The Labute approximate surface area is 103 Å². The number of hydrogen-bond acceptors (Lipinski definition) is 3. The number of alkyl halides is 2. The number of aromatic carboxylic acids is 1. The molecule has 0 atom stereocenters. The van der Waals surface area contributed by atoms with Gasteiger partial charge in [-0.3, -0.25) is 4.90 Å². The first-order valence-corrected chi connectivity index (χ1v) is 5.46. The van der Waals surface area contributed by atoms with Crippen molar-refractivity contribution in [1.82, 2.24) is 4.90 Å². The van der Waals surface area contributed by atoms with E-state index in [-0.39, 0.29) is 25.3 Å². The molecule has 100 valence electrons. The average molecular weight is 259 g/mol. The first kappa shape index (κ1) is 14.5. The highest BCUT2D eigenvalue weighted by Crippen LogP contribution is 2.10. The number of nitrogens with zero attached hydrogens (tertiary/aromatic N) is 1. The Hall–Kier alpha value is -1.53. The smallest absolute Gasteiger partial charge is 0.335 e. The van der Waals surface area contributed by atoms with Crippen LogP contribution < -0.4 is 0 Å². The third kappa shape index (κ3) is 4.77. The quantitative estimate of drug-likeness (QED) is 0.778. The number of aliphatic hydroxyl groups excluding tert-OH is 1. The fraction of sp³-hybridized carbons (Fsp3) is 0.417. The van der Waals surface area contributed by atoms with E-state index in [1.54, 1.807) is 12.1 Å². The standard InChI is InChI=1S/C12H15F2NO3/c13-11(14)8-15(4-5-16)7-9-2-1-3-10(6-9)12(17)18/h1-3,6,11,16H,4-5,7-8H2,(H,17,18). The Morgan fingerprint density at radius 3 is 2.67 bits per heavy atom. The molecule has 0 radical (unpaired) electrons. The van der Waals surface area contributed by atoms with Gasteiger partial charge in [0.05, 0.1) is 18.7 Å². The van der Waals surface area contributed by atoms with Crippen LogP contribution in [0.2, 0.25) is 0 Å². The van der Waals surface area contributed by atoms with Crippen molar-refractivity contribution >= 4 is 5.97 Å². The Bertz CT molecular complexity index is 399. The van der Waals surface area contributed by atoms with Crippen LogP contribution in [-0.2, 0) is 6.54 Å². The van der Waals surface area contributed by atoms with Gasteiger partial charge in [0.2, 0.25) is 0 Å². The molecule has 0 aromatic heterocycles. The molecule has 1 aromatic carbocycles. The highest BCUT2D eigenvalue weighted by Gasteiger charge is 2.13. The summed E-state index contributed by atoms with van der Waals surface area (Å²) in [5, 5.41) is 17.6. The third-order valence-electron chi connectivity index (χ3n) is 2.39. The second-order valence-electron chi connectivity index (χ2n) is 3.86. The number of hydrogen-bond donors (Lipinski definition) is 2. The van der Waals surface area contributed by atoms with Gasteiger partial charge in [-0.15, -0.1) is 0 Å². The molecule has 2 N–H and O–H groups in total. The summed E-state index contributed by atoms with van der Waals surface area (Å²) in [6.45, 7) is -0.350. The van der Waals surface area contributed by atoms with Gasteiger partial charge in [0.25, 0.3) is 6.43 Å². The average Bonchev–Trinajstić information content (AvgIpc) is 2.28. The van der Waals surface area contributed by atoms with E-state index in [4.69, 9.17) is 10.2 Å². The van der Waals surface area contributed by atoms with Gasteiger partial charge in [0, 0.05) is 13.1 Å². The zero-order valence-corrected chi connectivity index (χ0v) is 9.72. The van der Waals surface area contributed by atoms with E-state index in [0.29, 0.717) is 5.56 Å². The van der Waals surface area contributed by atoms with Crippen LogP contribution in [0.15, 0.2) is 24.3 Å². The topological polar surface area (TPSA) is 60.8 Å². The summed E-state index contributed by atoms with van der Waals surface area (Å²) in [4.78, 5) is 12.1. The lowest BCUT2D eigenvalue weighted by atomic mass is 10.1. The Morgan fingerprint density at radius 1 is 1.39 bits per heavy atom. The minimum absolute atomic E-state index is 0.119. The zero-order valence-electron chi connectivity index (χ0n) is 9.72. The van der Waals surface area contributed by atoms with E-state index < -0.39 is 18.9 Å². The molecular formula is C12H15F2NO3. The van der Waals surface area contributed by atoms with Gasteiger partial charge in [-0.2, -0.15) is 0 Å². The Balaban J connectivity index is 2.73. The molecule has 1 rings (SSSR count). The molecule has 0 aliphatic carbocycles. The molecule has 0 aliphatic heterocycles. The maximum Gasteiger partial charge on any atom is 0.335 e. The first-order chi connectivity index (χ1) is 8.52. The van der Waals surface area contributed by atoms with Crippen molar-refractivity contribution < 1.29 is 23.8 Å². The fourth-order valence-electron chi connectivity index (χ4n) is 1.63. The first-order valence-electron chi connectivity index (χ1n) is 5.46. The maximum atomic E-state index is 12.3. The lowest BCUT2D eigenvalue weighted by molar-refractivity contribution is 0.0691. The van der Waals surface area contributed by atoms with Crippen LogP contribution in [0.4, 0.5) is 8.78 Å². The number of carboxylic acids is 1. The largest absolute Gasteiger partial charge is 0.478 e. The number of carbonyl (C=O) groups is 1. The number of halogens is 2. The summed E-state index contributed by atoms with van der Waals surface area (Å²) in [6, 6.07) is 6.12. The van der Waals surface area contributed by atoms with Gasteiger partial charge in [-0.05, 0) is 17.7 Å². The number of benzene rings is 1. The molecule has 6 heteroatoms. The van der Waals surface area contributed by atoms with Gasteiger partial charge < -0.3 is 10.2 Å². The predicted molar refractivity (Wildman–Crippen MR) is 61.8 cm³/mol. The molecule has 0 bridgehead atoms. The summed E-state index contributed by atoms with van der Waals surface area (Å²) in [5.74, 6) is -1.06. The lowest BCUT2D eigenvalue weighted by Crippen LogP contribution is -2.31. The van der Waals surface area contributed by atoms with Crippen LogP contribution in [0.5, 0.6) is 0 Å². The summed E-state index contributed by atoms with van der Waals surface area (Å²) < 4.78 is 24.6. The van der Waals surface area contributed by atoms with E-state index in [2.05, 4.69) is 0 Å². The zero-order chi connectivity index (χ0) is 13.5. The molecule has 1 aromatic rings. The predicted octanol–water partition coefficient (Wildman–Crippen LogP) is 1.44. The molecule has 0 fully saturated rings. The van der Waals surface area contributed by atoms with Crippen molar-refractivity contribution in [3.63, 3.8) is 0 Å². The van der Waals surface area contributed by atoms with Gasteiger partial charge in [0.15, 0.2) is 0 Å². The van der Waals surface area contributed by atoms with Crippen LogP contribution in [0.1, 0.15) is 15.9 Å². The van der Waals surface area contributed by atoms with Crippen molar-refractivity contribution in [2.24, 2.45) is 0 Å². The van der Waals surface area contributed by atoms with Crippen LogP contribution in [0.3, 0.4) is 0 Å². The van der Waals surface area contributed by atoms with E-state index in [9.17, 15) is 13.6 Å². The maximum absolute atomic E-state index is 12.3. The molecule has 0 saturated carbocycles. The van der Waals surface area contributed by atoms with Crippen molar-refractivity contribution in [1.29, 1.82) is 0 Å². The SMILES string of the molecule is O=C(O)c1cccc(CN(CCO)CC(F)F)c1. The normalized spacial score (nSPS) is 11.2. The van der Waals surface area contributed by atoms with Crippen LogP contribution in [0.25, 0.3) is 0 Å². The van der Waals surface area contributed by atoms with E-state index >= 15 is 0 Å². The molecule has 0 saturated heterocycles.